The molecule has 2 aromatic rings. The lowest BCUT2D eigenvalue weighted by Gasteiger charge is -2.30. The molecule has 0 unspecified atom stereocenters. The molecule has 9 heteroatoms. The van der Waals surface area contributed by atoms with Crippen molar-refractivity contribution in [2.75, 3.05) is 52.3 Å². The van der Waals surface area contributed by atoms with E-state index in [1.165, 1.54) is 5.56 Å². The zero-order chi connectivity index (χ0) is 20.7. The fraction of sp³-hybridized carbons (Fsp3) is 0.421. The van der Waals surface area contributed by atoms with Crippen molar-refractivity contribution >= 4 is 29.1 Å². The Bertz CT molecular complexity index is 811. The van der Waals surface area contributed by atoms with Gasteiger partial charge in [-0.1, -0.05) is 23.7 Å². The molecule has 0 fully saturated rings. The SMILES string of the molecule is COc1ccc(CCC[N+](C)(C)CCNC(=O)c2nc(Cl)c(N)nc2N)cc1. The Labute approximate surface area is 170 Å². The number of amides is 1. The maximum absolute atomic E-state index is 12.3. The smallest absolute Gasteiger partial charge is 0.273 e. The van der Waals surface area contributed by atoms with Crippen molar-refractivity contribution in [1.82, 2.24) is 15.3 Å². The molecule has 152 valence electrons. The lowest BCUT2D eigenvalue weighted by Crippen LogP contribution is -2.46. The predicted octanol–water partition coefficient (Wildman–Crippen LogP) is 1.74. The molecule has 5 N–H and O–H groups in total. The van der Waals surface area contributed by atoms with Gasteiger partial charge in [0.2, 0.25) is 0 Å². The first-order valence-corrected chi connectivity index (χ1v) is 9.41. The van der Waals surface area contributed by atoms with Crippen LogP contribution in [0.5, 0.6) is 5.75 Å². The number of nitrogens with one attached hydrogen (secondary N) is 1. The number of carbonyl (C=O) groups is 1. The summed E-state index contributed by atoms with van der Waals surface area (Å²) in [5, 5.41) is 2.78. The van der Waals surface area contributed by atoms with E-state index >= 15 is 0 Å². The van der Waals surface area contributed by atoms with Crippen LogP contribution in [0.4, 0.5) is 11.6 Å². The number of rotatable bonds is 9. The van der Waals surface area contributed by atoms with E-state index in [1.807, 2.05) is 12.1 Å². The number of quaternary nitrogens is 1. The molecular weight excluding hydrogens is 380 g/mol. The molecule has 1 aromatic heterocycles. The Balaban J connectivity index is 1.77. The van der Waals surface area contributed by atoms with E-state index in [1.54, 1.807) is 7.11 Å². The summed E-state index contributed by atoms with van der Waals surface area (Å²) in [6.45, 7) is 2.24. The highest BCUT2D eigenvalue weighted by molar-refractivity contribution is 6.31. The fourth-order valence-corrected chi connectivity index (χ4v) is 2.91. The van der Waals surface area contributed by atoms with Crippen molar-refractivity contribution in [2.24, 2.45) is 0 Å². The molecule has 0 saturated carbocycles. The Morgan fingerprint density at radius 3 is 2.46 bits per heavy atom. The van der Waals surface area contributed by atoms with E-state index in [4.69, 9.17) is 27.8 Å². The van der Waals surface area contributed by atoms with Crippen molar-refractivity contribution in [1.29, 1.82) is 0 Å². The van der Waals surface area contributed by atoms with Crippen LogP contribution in [0.15, 0.2) is 24.3 Å². The molecule has 0 radical (unpaired) electrons. The molecule has 0 saturated heterocycles. The van der Waals surface area contributed by atoms with E-state index in [0.29, 0.717) is 6.54 Å². The third kappa shape index (κ3) is 6.24. The van der Waals surface area contributed by atoms with Crippen LogP contribution >= 0.6 is 11.6 Å². The summed E-state index contributed by atoms with van der Waals surface area (Å²) in [5.74, 6) is 0.423. The van der Waals surface area contributed by atoms with Crippen LogP contribution < -0.4 is 21.5 Å². The van der Waals surface area contributed by atoms with Gasteiger partial charge in [-0.15, -0.1) is 0 Å². The number of likely N-dealkylation sites (N-methyl/N-ethyl adjacent to an activating group) is 1. The summed E-state index contributed by atoms with van der Waals surface area (Å²) in [7, 11) is 5.93. The Kier molecular flexibility index (Phi) is 7.42. The number of carbonyl (C=O) groups excluding carboxylic acids is 1. The highest BCUT2D eigenvalue weighted by Crippen LogP contribution is 2.17. The molecule has 8 nitrogen and oxygen atoms in total. The van der Waals surface area contributed by atoms with Gasteiger partial charge in [0.1, 0.15) is 5.75 Å². The first-order chi connectivity index (χ1) is 13.2. The molecule has 0 aliphatic carbocycles. The Morgan fingerprint density at radius 2 is 1.82 bits per heavy atom. The maximum atomic E-state index is 12.3. The van der Waals surface area contributed by atoms with Crippen molar-refractivity contribution in [2.45, 2.75) is 12.8 Å². The molecule has 0 spiro atoms. The van der Waals surface area contributed by atoms with Crippen LogP contribution in [0.2, 0.25) is 5.15 Å². The summed E-state index contributed by atoms with van der Waals surface area (Å²) in [5.41, 5.74) is 12.5. The van der Waals surface area contributed by atoms with Gasteiger partial charge < -0.3 is 26.0 Å². The van der Waals surface area contributed by atoms with Gasteiger partial charge in [-0.05, 0) is 24.1 Å². The number of anilines is 2. The zero-order valence-corrected chi connectivity index (χ0v) is 17.3. The second kappa shape index (κ2) is 9.57. The quantitative estimate of drug-likeness (QED) is 0.545. The van der Waals surface area contributed by atoms with E-state index in [0.717, 1.165) is 36.2 Å². The highest BCUT2D eigenvalue weighted by Gasteiger charge is 2.18. The third-order valence-electron chi connectivity index (χ3n) is 4.51. The van der Waals surface area contributed by atoms with E-state index in [-0.39, 0.29) is 22.5 Å². The largest absolute Gasteiger partial charge is 0.497 e. The average Bonchev–Trinajstić information content (AvgIpc) is 2.65. The van der Waals surface area contributed by atoms with Crippen LogP contribution in [0.25, 0.3) is 0 Å². The second-order valence-electron chi connectivity index (χ2n) is 7.22. The van der Waals surface area contributed by atoms with Gasteiger partial charge in [-0.25, -0.2) is 9.97 Å². The number of nitrogens with zero attached hydrogens (tertiary/aromatic N) is 3. The molecule has 0 aliphatic heterocycles. The fourth-order valence-electron chi connectivity index (χ4n) is 2.78. The number of methoxy groups -OCH3 is 1. The van der Waals surface area contributed by atoms with E-state index < -0.39 is 5.91 Å². The molecule has 0 atom stereocenters. The number of benzene rings is 1. The van der Waals surface area contributed by atoms with E-state index in [2.05, 4.69) is 41.5 Å². The molecule has 1 heterocycles. The van der Waals surface area contributed by atoms with Crippen molar-refractivity contribution in [3.05, 3.63) is 40.7 Å². The van der Waals surface area contributed by atoms with Gasteiger partial charge in [0.15, 0.2) is 22.5 Å². The van der Waals surface area contributed by atoms with Gasteiger partial charge in [-0.3, -0.25) is 4.79 Å². The summed E-state index contributed by atoms with van der Waals surface area (Å²) < 4.78 is 5.95. The van der Waals surface area contributed by atoms with Crippen molar-refractivity contribution in [3.63, 3.8) is 0 Å². The molecule has 1 aromatic carbocycles. The first kappa shape index (κ1) is 21.7. The van der Waals surface area contributed by atoms with Gasteiger partial charge in [-0.2, -0.15) is 0 Å². The standard InChI is InChI=1S/C19H27ClN6O2/c1-26(2,11-4-5-13-6-8-14(28-3)9-7-13)12-10-23-19(27)15-17(21)25-18(22)16(20)24-15/h6-9H,4-5,10-12H2,1-3H3,(H4-,21,22,23,25,27)/p+1. The third-order valence-corrected chi connectivity index (χ3v) is 4.79. The van der Waals surface area contributed by atoms with Crippen LogP contribution in [-0.4, -0.2) is 61.2 Å². The monoisotopic (exact) mass is 407 g/mol. The number of halogens is 1. The van der Waals surface area contributed by atoms with Gasteiger partial charge in [0.25, 0.3) is 5.91 Å². The lowest BCUT2D eigenvalue weighted by atomic mass is 10.1. The van der Waals surface area contributed by atoms with Gasteiger partial charge in [0.05, 0.1) is 40.8 Å². The molecular formula is C19H28ClN6O2+. The van der Waals surface area contributed by atoms with Crippen molar-refractivity contribution < 1.29 is 14.0 Å². The number of aryl methyl sites for hydroxylation is 1. The molecule has 2 rings (SSSR count). The Hall–Kier alpha value is -2.58. The molecule has 1 amide bonds. The predicted molar refractivity (Wildman–Crippen MR) is 111 cm³/mol. The number of hydrogen-bond acceptors (Lipinski definition) is 6. The minimum absolute atomic E-state index is 0.00498. The average molecular weight is 408 g/mol. The van der Waals surface area contributed by atoms with Crippen LogP contribution in [-0.2, 0) is 6.42 Å². The number of nitrogens with two attached hydrogens (primary N) is 2. The summed E-state index contributed by atoms with van der Waals surface area (Å²) in [6, 6.07) is 8.12. The second-order valence-corrected chi connectivity index (χ2v) is 7.58. The number of ether oxygens (including phenoxy) is 1. The topological polar surface area (TPSA) is 116 Å². The minimum Gasteiger partial charge on any atom is -0.497 e. The lowest BCUT2D eigenvalue weighted by molar-refractivity contribution is -0.889. The van der Waals surface area contributed by atoms with Crippen LogP contribution in [0.1, 0.15) is 22.5 Å². The van der Waals surface area contributed by atoms with Crippen LogP contribution in [0.3, 0.4) is 0 Å². The maximum Gasteiger partial charge on any atom is 0.273 e. The number of aromatic nitrogens is 2. The zero-order valence-electron chi connectivity index (χ0n) is 16.5. The number of hydrogen-bond donors (Lipinski definition) is 3. The molecule has 28 heavy (non-hydrogen) atoms. The Morgan fingerprint density at radius 1 is 1.14 bits per heavy atom. The summed E-state index contributed by atoms with van der Waals surface area (Å²) in [4.78, 5) is 20.0. The highest BCUT2D eigenvalue weighted by atomic mass is 35.5. The molecule has 0 bridgehead atoms. The minimum atomic E-state index is -0.412. The first-order valence-electron chi connectivity index (χ1n) is 9.03. The molecule has 0 aliphatic rings. The van der Waals surface area contributed by atoms with Crippen molar-refractivity contribution in [3.8, 4) is 5.75 Å². The summed E-state index contributed by atoms with van der Waals surface area (Å²) >= 11 is 5.82. The van der Waals surface area contributed by atoms with Gasteiger partial charge >= 0.3 is 0 Å². The van der Waals surface area contributed by atoms with E-state index in [9.17, 15) is 4.79 Å². The summed E-state index contributed by atoms with van der Waals surface area (Å²) in [6.07, 6.45) is 2.04. The number of nitrogen functional groups attached to an aromatic ring is 2. The van der Waals surface area contributed by atoms with Crippen LogP contribution in [0, 0.1) is 0 Å². The normalized spacial score (nSPS) is 11.3. The van der Waals surface area contributed by atoms with Gasteiger partial charge in [0, 0.05) is 6.42 Å².